The summed E-state index contributed by atoms with van der Waals surface area (Å²) >= 11 is 0. The van der Waals surface area contributed by atoms with Crippen LogP contribution in [0.2, 0.25) is 0 Å². The zero-order chi connectivity index (χ0) is 15.2. The summed E-state index contributed by atoms with van der Waals surface area (Å²) < 4.78 is 11.2. The van der Waals surface area contributed by atoms with Crippen LogP contribution >= 0.6 is 0 Å². The van der Waals surface area contributed by atoms with E-state index in [9.17, 15) is 0 Å². The second-order valence-corrected chi connectivity index (χ2v) is 5.33. The highest BCUT2D eigenvalue weighted by Gasteiger charge is 2.07. The van der Waals surface area contributed by atoms with Crippen molar-refractivity contribution in [3.05, 3.63) is 53.3 Å². The van der Waals surface area contributed by atoms with Gasteiger partial charge in [0.15, 0.2) is 11.5 Å². The predicted molar refractivity (Wildman–Crippen MR) is 83.7 cm³/mol. The van der Waals surface area contributed by atoms with Crippen LogP contribution < -0.4 is 15.2 Å². The third kappa shape index (κ3) is 4.46. The number of methoxy groups -OCH3 is 1. The van der Waals surface area contributed by atoms with E-state index in [1.165, 1.54) is 0 Å². The molecule has 0 aliphatic heterocycles. The van der Waals surface area contributed by atoms with E-state index in [0.29, 0.717) is 6.61 Å². The van der Waals surface area contributed by atoms with Crippen molar-refractivity contribution in [2.75, 3.05) is 7.11 Å². The maximum Gasteiger partial charge on any atom is 0.161 e. The van der Waals surface area contributed by atoms with Crippen molar-refractivity contribution < 1.29 is 9.47 Å². The van der Waals surface area contributed by atoms with Gasteiger partial charge >= 0.3 is 0 Å². The van der Waals surface area contributed by atoms with Gasteiger partial charge in [-0.3, -0.25) is 4.98 Å². The summed E-state index contributed by atoms with van der Waals surface area (Å²) in [5.74, 6) is 1.46. The van der Waals surface area contributed by atoms with Gasteiger partial charge in [-0.1, -0.05) is 6.07 Å². The average Bonchev–Trinajstić information content (AvgIpc) is 2.45. The molecule has 112 valence electrons. The Bertz CT molecular complexity index is 597. The van der Waals surface area contributed by atoms with Crippen LogP contribution in [0.5, 0.6) is 11.5 Å². The maximum absolute atomic E-state index is 5.83. The van der Waals surface area contributed by atoms with E-state index in [-0.39, 0.29) is 6.04 Å². The number of aryl methyl sites for hydroxylation is 1. The molecule has 4 heteroatoms. The van der Waals surface area contributed by atoms with Crippen LogP contribution in [0, 0.1) is 6.92 Å². The van der Waals surface area contributed by atoms with E-state index in [1.807, 2.05) is 44.4 Å². The lowest BCUT2D eigenvalue weighted by molar-refractivity contribution is 0.284. The third-order valence-corrected chi connectivity index (χ3v) is 3.11. The molecule has 1 atom stereocenters. The van der Waals surface area contributed by atoms with Crippen molar-refractivity contribution in [1.82, 2.24) is 4.98 Å². The molecule has 2 N–H and O–H groups in total. The van der Waals surface area contributed by atoms with Gasteiger partial charge < -0.3 is 15.2 Å². The molecule has 1 unspecified atom stereocenters. The molecule has 2 rings (SSSR count). The number of nitrogens with two attached hydrogens (primary N) is 1. The minimum Gasteiger partial charge on any atom is -0.493 e. The molecule has 0 saturated carbocycles. The highest BCUT2D eigenvalue weighted by atomic mass is 16.5. The monoisotopic (exact) mass is 286 g/mol. The predicted octanol–water partition coefficient (Wildman–Crippen LogP) is 2.87. The second kappa shape index (κ2) is 7.09. The van der Waals surface area contributed by atoms with Crippen molar-refractivity contribution in [3.8, 4) is 11.5 Å². The molecular weight excluding hydrogens is 264 g/mol. The van der Waals surface area contributed by atoms with E-state index in [2.05, 4.69) is 11.1 Å². The highest BCUT2D eigenvalue weighted by Crippen LogP contribution is 2.29. The molecule has 21 heavy (non-hydrogen) atoms. The van der Waals surface area contributed by atoms with E-state index in [1.54, 1.807) is 7.11 Å². The van der Waals surface area contributed by atoms with Crippen LogP contribution in [0.25, 0.3) is 0 Å². The van der Waals surface area contributed by atoms with Gasteiger partial charge in [0.05, 0.1) is 7.11 Å². The fourth-order valence-electron chi connectivity index (χ4n) is 2.19. The SMILES string of the molecule is COc1cc(CC(C)N)ccc1OCc1cncc(C)c1. The number of aromatic nitrogens is 1. The number of nitrogens with zero attached hydrogens (tertiary/aromatic N) is 1. The zero-order valence-corrected chi connectivity index (χ0v) is 12.8. The van der Waals surface area contributed by atoms with Crippen molar-refractivity contribution in [3.63, 3.8) is 0 Å². The van der Waals surface area contributed by atoms with Gasteiger partial charge in [-0.2, -0.15) is 0 Å². The lowest BCUT2D eigenvalue weighted by atomic mass is 10.1. The fraction of sp³-hybridized carbons (Fsp3) is 0.353. The summed E-state index contributed by atoms with van der Waals surface area (Å²) in [7, 11) is 1.64. The van der Waals surface area contributed by atoms with E-state index in [0.717, 1.165) is 34.6 Å². The highest BCUT2D eigenvalue weighted by molar-refractivity contribution is 5.43. The number of rotatable bonds is 6. The van der Waals surface area contributed by atoms with Crippen LogP contribution in [0.3, 0.4) is 0 Å². The smallest absolute Gasteiger partial charge is 0.161 e. The molecule has 0 spiro atoms. The third-order valence-electron chi connectivity index (χ3n) is 3.11. The number of benzene rings is 1. The van der Waals surface area contributed by atoms with Crippen molar-refractivity contribution in [1.29, 1.82) is 0 Å². The first-order valence-electron chi connectivity index (χ1n) is 7.04. The van der Waals surface area contributed by atoms with Gasteiger partial charge in [-0.05, 0) is 49.6 Å². The Morgan fingerprint density at radius 3 is 2.62 bits per heavy atom. The van der Waals surface area contributed by atoms with Crippen LogP contribution in [0.1, 0.15) is 23.6 Å². The average molecular weight is 286 g/mol. The lowest BCUT2D eigenvalue weighted by Crippen LogP contribution is -2.17. The normalized spacial score (nSPS) is 12.0. The maximum atomic E-state index is 5.83. The molecular formula is C17H22N2O2. The molecule has 0 bridgehead atoms. The number of ether oxygens (including phenoxy) is 2. The van der Waals surface area contributed by atoms with Crippen LogP contribution in [-0.4, -0.2) is 18.1 Å². The molecule has 0 amide bonds. The Morgan fingerprint density at radius 1 is 1.14 bits per heavy atom. The van der Waals surface area contributed by atoms with Crippen LogP contribution in [0.4, 0.5) is 0 Å². The Balaban J connectivity index is 2.09. The summed E-state index contributed by atoms with van der Waals surface area (Å²) in [6.07, 6.45) is 4.45. The molecule has 1 aromatic heterocycles. The van der Waals surface area contributed by atoms with Gasteiger partial charge in [0.1, 0.15) is 6.61 Å². The Labute approximate surface area is 125 Å². The quantitative estimate of drug-likeness (QED) is 0.887. The standard InChI is InChI=1S/C17H22N2O2/c1-12-6-15(10-19-9-12)11-21-16-5-4-14(7-13(2)18)8-17(16)20-3/h4-6,8-10,13H,7,11,18H2,1-3H3. The molecule has 1 aromatic carbocycles. The first kappa shape index (κ1) is 15.3. The molecule has 0 aliphatic rings. The molecule has 0 fully saturated rings. The van der Waals surface area contributed by atoms with Crippen molar-refractivity contribution in [2.45, 2.75) is 32.9 Å². The Kier molecular flexibility index (Phi) is 5.17. The Morgan fingerprint density at radius 2 is 1.95 bits per heavy atom. The Hall–Kier alpha value is -2.07. The van der Waals surface area contributed by atoms with E-state index >= 15 is 0 Å². The van der Waals surface area contributed by atoms with Crippen molar-refractivity contribution >= 4 is 0 Å². The molecule has 0 radical (unpaired) electrons. The van der Waals surface area contributed by atoms with Crippen molar-refractivity contribution in [2.24, 2.45) is 5.73 Å². The van der Waals surface area contributed by atoms with Crippen LogP contribution in [-0.2, 0) is 13.0 Å². The minimum absolute atomic E-state index is 0.125. The number of hydrogen-bond donors (Lipinski definition) is 1. The second-order valence-electron chi connectivity index (χ2n) is 5.33. The summed E-state index contributed by atoms with van der Waals surface area (Å²) in [5, 5.41) is 0. The van der Waals surface area contributed by atoms with Gasteiger partial charge in [-0.25, -0.2) is 0 Å². The number of pyridine rings is 1. The van der Waals surface area contributed by atoms with E-state index < -0.39 is 0 Å². The molecule has 0 saturated heterocycles. The number of hydrogen-bond acceptors (Lipinski definition) is 4. The summed E-state index contributed by atoms with van der Waals surface area (Å²) in [4.78, 5) is 4.16. The molecule has 1 heterocycles. The minimum atomic E-state index is 0.125. The molecule has 2 aromatic rings. The zero-order valence-electron chi connectivity index (χ0n) is 12.8. The first-order valence-corrected chi connectivity index (χ1v) is 7.04. The van der Waals surface area contributed by atoms with Crippen LogP contribution in [0.15, 0.2) is 36.7 Å². The summed E-state index contributed by atoms with van der Waals surface area (Å²) in [5.41, 5.74) is 9.13. The van der Waals surface area contributed by atoms with Gasteiger partial charge in [-0.15, -0.1) is 0 Å². The largest absolute Gasteiger partial charge is 0.493 e. The van der Waals surface area contributed by atoms with Gasteiger partial charge in [0.25, 0.3) is 0 Å². The lowest BCUT2D eigenvalue weighted by Gasteiger charge is -2.13. The van der Waals surface area contributed by atoms with E-state index in [4.69, 9.17) is 15.2 Å². The van der Waals surface area contributed by atoms with Gasteiger partial charge in [0, 0.05) is 24.0 Å². The first-order chi connectivity index (χ1) is 10.1. The molecule has 0 aliphatic carbocycles. The summed E-state index contributed by atoms with van der Waals surface area (Å²) in [6.45, 7) is 4.47. The van der Waals surface area contributed by atoms with Gasteiger partial charge in [0.2, 0.25) is 0 Å². The summed E-state index contributed by atoms with van der Waals surface area (Å²) in [6, 6.07) is 8.12. The fourth-order valence-corrected chi connectivity index (χ4v) is 2.19. The molecule has 4 nitrogen and oxygen atoms in total. The topological polar surface area (TPSA) is 57.4 Å².